The van der Waals surface area contributed by atoms with Gasteiger partial charge in [-0.3, -0.25) is 0 Å². The van der Waals surface area contributed by atoms with Crippen LogP contribution in [0.25, 0.3) is 11.0 Å². The molecule has 1 fully saturated rings. The van der Waals surface area contributed by atoms with Crippen molar-refractivity contribution in [3.63, 3.8) is 0 Å². The average molecular weight is 297 g/mol. The molecule has 0 spiro atoms. The molecule has 1 aliphatic heterocycles. The van der Waals surface area contributed by atoms with Crippen LogP contribution < -0.4 is 4.90 Å². The van der Waals surface area contributed by atoms with Gasteiger partial charge in [0.1, 0.15) is 5.52 Å². The van der Waals surface area contributed by atoms with Crippen LogP contribution in [0.1, 0.15) is 10.4 Å². The fourth-order valence-electron chi connectivity index (χ4n) is 2.34. The number of alkyl halides is 2. The van der Waals surface area contributed by atoms with Gasteiger partial charge >= 0.3 is 12.6 Å². The van der Waals surface area contributed by atoms with E-state index in [0.717, 1.165) is 5.69 Å². The summed E-state index contributed by atoms with van der Waals surface area (Å²) in [6.07, 6.45) is 1.41. The van der Waals surface area contributed by atoms with Crippen LogP contribution in [-0.2, 0) is 9.47 Å². The minimum absolute atomic E-state index is 0.0236. The number of aromatic nitrogens is 2. The number of hydrogen-bond acceptors (Lipinski definition) is 5. The number of aromatic amines is 1. The molecule has 1 saturated heterocycles. The number of esters is 1. The summed E-state index contributed by atoms with van der Waals surface area (Å²) in [5.41, 5.74) is 1.68. The van der Waals surface area contributed by atoms with E-state index in [-0.39, 0.29) is 5.56 Å². The van der Waals surface area contributed by atoms with Crippen LogP contribution >= 0.6 is 0 Å². The van der Waals surface area contributed by atoms with Gasteiger partial charge in [-0.25, -0.2) is 9.78 Å². The highest BCUT2D eigenvalue weighted by molar-refractivity contribution is 6.03. The zero-order valence-electron chi connectivity index (χ0n) is 11.0. The first-order chi connectivity index (χ1) is 10.1. The Balaban J connectivity index is 2.00. The second kappa shape index (κ2) is 5.65. The number of hydrogen-bond donors (Lipinski definition) is 1. The Labute approximate surface area is 118 Å². The number of H-pyrrole nitrogens is 1. The molecule has 3 rings (SSSR count). The van der Waals surface area contributed by atoms with E-state index in [1.807, 2.05) is 11.0 Å². The molecule has 1 aromatic carbocycles. The maximum atomic E-state index is 12.3. The SMILES string of the molecule is O=C(OC(F)F)c1cc(N2CCOCC2)cc2[nH]cnc12. The van der Waals surface area contributed by atoms with Crippen molar-refractivity contribution in [2.45, 2.75) is 6.61 Å². The third-order valence-corrected chi connectivity index (χ3v) is 3.30. The molecule has 8 heteroatoms. The molecule has 0 atom stereocenters. The van der Waals surface area contributed by atoms with E-state index in [4.69, 9.17) is 4.74 Å². The van der Waals surface area contributed by atoms with Gasteiger partial charge in [0.05, 0.1) is 30.6 Å². The van der Waals surface area contributed by atoms with E-state index in [1.54, 1.807) is 0 Å². The number of morpholine rings is 1. The van der Waals surface area contributed by atoms with Crippen LogP contribution in [0.2, 0.25) is 0 Å². The summed E-state index contributed by atoms with van der Waals surface area (Å²) in [6.45, 7) is -0.653. The number of fused-ring (bicyclic) bond motifs is 1. The van der Waals surface area contributed by atoms with Crippen LogP contribution in [0.3, 0.4) is 0 Å². The maximum absolute atomic E-state index is 12.3. The van der Waals surface area contributed by atoms with E-state index < -0.39 is 12.6 Å². The number of halogens is 2. The van der Waals surface area contributed by atoms with Gasteiger partial charge in [-0.15, -0.1) is 0 Å². The highest BCUT2D eigenvalue weighted by atomic mass is 19.3. The van der Waals surface area contributed by atoms with Crippen LogP contribution in [0.5, 0.6) is 0 Å². The first kappa shape index (κ1) is 13.7. The molecule has 2 heterocycles. The highest BCUT2D eigenvalue weighted by Crippen LogP contribution is 2.26. The molecule has 0 aliphatic carbocycles. The first-order valence-corrected chi connectivity index (χ1v) is 6.44. The van der Waals surface area contributed by atoms with Crippen molar-refractivity contribution in [2.24, 2.45) is 0 Å². The predicted molar refractivity (Wildman–Crippen MR) is 70.5 cm³/mol. The van der Waals surface area contributed by atoms with E-state index >= 15 is 0 Å². The summed E-state index contributed by atoms with van der Waals surface area (Å²) in [6, 6.07) is 3.35. The molecule has 1 N–H and O–H groups in total. The number of nitrogens with zero attached hydrogens (tertiary/aromatic N) is 2. The zero-order chi connectivity index (χ0) is 14.8. The third-order valence-electron chi connectivity index (χ3n) is 3.30. The van der Waals surface area contributed by atoms with Crippen LogP contribution in [0.4, 0.5) is 14.5 Å². The topological polar surface area (TPSA) is 67.4 Å². The number of nitrogens with one attached hydrogen (secondary N) is 1. The molecule has 6 nitrogen and oxygen atoms in total. The van der Waals surface area contributed by atoms with Crippen molar-refractivity contribution in [1.82, 2.24) is 9.97 Å². The molecule has 0 amide bonds. The standard InChI is InChI=1S/C13H13F2N3O3/c14-13(15)21-12(19)9-5-8(18-1-3-20-4-2-18)6-10-11(9)17-7-16-10/h5-7,13H,1-4H2,(H,16,17). The molecule has 0 bridgehead atoms. The normalized spacial score (nSPS) is 15.7. The summed E-state index contributed by atoms with van der Waals surface area (Å²) in [4.78, 5) is 20.7. The number of rotatable bonds is 3. The predicted octanol–water partition coefficient (Wildman–Crippen LogP) is 1.78. The van der Waals surface area contributed by atoms with Gasteiger partial charge in [0.15, 0.2) is 0 Å². The van der Waals surface area contributed by atoms with Gasteiger partial charge in [-0.1, -0.05) is 0 Å². The number of imidazole rings is 1. The number of carbonyl (C=O) groups excluding carboxylic acids is 1. The van der Waals surface area contributed by atoms with E-state index in [2.05, 4.69) is 14.7 Å². The molecule has 0 unspecified atom stereocenters. The van der Waals surface area contributed by atoms with Crippen LogP contribution in [0, 0.1) is 0 Å². The molecule has 0 radical (unpaired) electrons. The third kappa shape index (κ3) is 2.80. The number of benzene rings is 1. The largest absolute Gasteiger partial charge is 0.399 e. The van der Waals surface area contributed by atoms with Crippen molar-refractivity contribution in [3.8, 4) is 0 Å². The fourth-order valence-corrected chi connectivity index (χ4v) is 2.34. The first-order valence-electron chi connectivity index (χ1n) is 6.44. The van der Waals surface area contributed by atoms with E-state index in [0.29, 0.717) is 37.3 Å². The molecule has 2 aromatic rings. The minimum atomic E-state index is -3.15. The lowest BCUT2D eigenvalue weighted by Gasteiger charge is -2.29. The molecular formula is C13H13F2N3O3. The smallest absolute Gasteiger partial charge is 0.389 e. The quantitative estimate of drug-likeness (QED) is 0.875. The summed E-state index contributed by atoms with van der Waals surface area (Å²) in [5.74, 6) is -1.09. The minimum Gasteiger partial charge on any atom is -0.399 e. The lowest BCUT2D eigenvalue weighted by Crippen LogP contribution is -2.36. The molecular weight excluding hydrogens is 284 g/mol. The van der Waals surface area contributed by atoms with E-state index in [9.17, 15) is 13.6 Å². The number of anilines is 1. The molecule has 21 heavy (non-hydrogen) atoms. The second-order valence-corrected chi connectivity index (χ2v) is 4.56. The highest BCUT2D eigenvalue weighted by Gasteiger charge is 2.21. The lowest BCUT2D eigenvalue weighted by molar-refractivity contribution is -0.0905. The van der Waals surface area contributed by atoms with Gasteiger partial charge < -0.3 is 19.4 Å². The van der Waals surface area contributed by atoms with Gasteiger partial charge in [-0.2, -0.15) is 8.78 Å². The van der Waals surface area contributed by atoms with Gasteiger partial charge in [0, 0.05) is 18.8 Å². The van der Waals surface area contributed by atoms with Gasteiger partial charge in [-0.05, 0) is 12.1 Å². The Morgan fingerprint density at radius 1 is 1.38 bits per heavy atom. The van der Waals surface area contributed by atoms with Gasteiger partial charge in [0.2, 0.25) is 0 Å². The Morgan fingerprint density at radius 2 is 2.14 bits per heavy atom. The average Bonchev–Trinajstić information content (AvgIpc) is 2.94. The van der Waals surface area contributed by atoms with Crippen molar-refractivity contribution < 1.29 is 23.0 Å². The Hall–Kier alpha value is -2.22. The zero-order valence-corrected chi connectivity index (χ0v) is 11.0. The Morgan fingerprint density at radius 3 is 2.86 bits per heavy atom. The van der Waals surface area contributed by atoms with E-state index in [1.165, 1.54) is 12.4 Å². The molecule has 112 valence electrons. The summed E-state index contributed by atoms with van der Waals surface area (Å²) < 4.78 is 33.8. The monoisotopic (exact) mass is 297 g/mol. The molecule has 1 aromatic heterocycles. The molecule has 0 saturated carbocycles. The van der Waals surface area contributed by atoms with Crippen molar-refractivity contribution in [3.05, 3.63) is 24.0 Å². The second-order valence-electron chi connectivity index (χ2n) is 4.56. The summed E-state index contributed by atoms with van der Waals surface area (Å²) in [5, 5.41) is 0. The maximum Gasteiger partial charge on any atom is 0.389 e. The van der Waals surface area contributed by atoms with Gasteiger partial charge in [0.25, 0.3) is 0 Å². The Bertz CT molecular complexity index is 653. The van der Waals surface area contributed by atoms with Crippen molar-refractivity contribution >= 4 is 22.7 Å². The fraction of sp³-hybridized carbons (Fsp3) is 0.385. The van der Waals surface area contributed by atoms with Crippen molar-refractivity contribution in [2.75, 3.05) is 31.2 Å². The summed E-state index contributed by atoms with van der Waals surface area (Å²) >= 11 is 0. The lowest BCUT2D eigenvalue weighted by atomic mass is 10.1. The molecule has 1 aliphatic rings. The Kier molecular flexibility index (Phi) is 3.70. The van der Waals surface area contributed by atoms with Crippen LogP contribution in [-0.4, -0.2) is 48.9 Å². The number of ether oxygens (including phenoxy) is 2. The summed E-state index contributed by atoms with van der Waals surface area (Å²) in [7, 11) is 0. The number of carbonyl (C=O) groups is 1. The van der Waals surface area contributed by atoms with Crippen LogP contribution in [0.15, 0.2) is 18.5 Å². The van der Waals surface area contributed by atoms with Crippen molar-refractivity contribution in [1.29, 1.82) is 0 Å².